The van der Waals surface area contributed by atoms with Crippen LogP contribution < -0.4 is 5.32 Å². The van der Waals surface area contributed by atoms with Crippen LogP contribution in [-0.4, -0.2) is 35.8 Å². The Balaban J connectivity index is 2.08. The van der Waals surface area contributed by atoms with Gasteiger partial charge in [-0.3, -0.25) is 0 Å². The van der Waals surface area contributed by atoms with Crippen molar-refractivity contribution in [1.82, 2.24) is 15.3 Å². The Hall–Kier alpha value is -1.00. The quantitative estimate of drug-likeness (QED) is 0.884. The van der Waals surface area contributed by atoms with E-state index >= 15 is 0 Å². The second kappa shape index (κ2) is 6.44. The molecule has 1 unspecified atom stereocenters. The summed E-state index contributed by atoms with van der Waals surface area (Å²) in [5.74, 6) is 1.35. The second-order valence-corrected chi connectivity index (χ2v) is 5.65. The molecule has 1 saturated heterocycles. The van der Waals surface area contributed by atoms with Crippen LogP contribution in [0.1, 0.15) is 49.0 Å². The highest BCUT2D eigenvalue weighted by Gasteiger charge is 2.22. The number of nitrogens with one attached hydrogen (secondary N) is 1. The molecule has 1 aromatic rings. The molecule has 19 heavy (non-hydrogen) atoms. The van der Waals surface area contributed by atoms with Crippen molar-refractivity contribution in [3.8, 4) is 0 Å². The molecule has 0 bridgehead atoms. The van der Waals surface area contributed by atoms with Crippen LogP contribution in [0.5, 0.6) is 0 Å². The molecule has 1 N–H and O–H groups in total. The van der Waals surface area contributed by atoms with Gasteiger partial charge in [-0.25, -0.2) is 9.97 Å². The fraction of sp³-hybridized carbons (Fsp3) is 0.733. The van der Waals surface area contributed by atoms with E-state index in [2.05, 4.69) is 33.0 Å². The first kappa shape index (κ1) is 14.4. The molecule has 106 valence electrons. The molecule has 0 aliphatic carbocycles. The lowest BCUT2D eigenvalue weighted by molar-refractivity contribution is 0.193. The van der Waals surface area contributed by atoms with E-state index in [1.807, 2.05) is 0 Å². The van der Waals surface area contributed by atoms with E-state index in [9.17, 15) is 0 Å². The third kappa shape index (κ3) is 3.74. The zero-order valence-corrected chi connectivity index (χ0v) is 12.5. The van der Waals surface area contributed by atoms with Gasteiger partial charge in [0.1, 0.15) is 5.82 Å². The van der Waals surface area contributed by atoms with E-state index in [-0.39, 0.29) is 0 Å². The molecule has 1 aliphatic rings. The number of aryl methyl sites for hydroxylation is 2. The maximum Gasteiger partial charge on any atom is 0.134 e. The van der Waals surface area contributed by atoms with Crippen molar-refractivity contribution in [2.24, 2.45) is 0 Å². The summed E-state index contributed by atoms with van der Waals surface area (Å²) in [7, 11) is 0. The predicted octanol–water partition coefficient (Wildman–Crippen LogP) is 2.14. The fourth-order valence-corrected chi connectivity index (χ4v) is 2.53. The molecular formula is C15H25N3O. The average Bonchev–Trinajstić information content (AvgIpc) is 2.85. The Bertz CT molecular complexity index is 402. The maximum absolute atomic E-state index is 5.42. The number of nitrogens with zero attached hydrogens (tertiary/aromatic N) is 2. The maximum atomic E-state index is 5.42. The van der Waals surface area contributed by atoms with Crippen LogP contribution in [0, 0.1) is 13.8 Å². The van der Waals surface area contributed by atoms with Crippen molar-refractivity contribution in [2.75, 3.05) is 19.8 Å². The van der Waals surface area contributed by atoms with Crippen LogP contribution in [0.4, 0.5) is 0 Å². The highest BCUT2D eigenvalue weighted by molar-refractivity contribution is 5.25. The Morgan fingerprint density at radius 2 is 1.95 bits per heavy atom. The van der Waals surface area contributed by atoms with Crippen LogP contribution in [0.25, 0.3) is 0 Å². The Morgan fingerprint density at radius 1 is 1.26 bits per heavy atom. The topological polar surface area (TPSA) is 47.0 Å². The standard InChI is InChI=1S/C15H25N3O/c1-10(2)16-7-5-14-11(3)17-15(18-12(14)4)13-6-8-19-9-13/h10,13,16H,5-9H2,1-4H3. The number of ether oxygens (including phenoxy) is 1. The Kier molecular flexibility index (Phi) is 4.88. The zero-order chi connectivity index (χ0) is 13.8. The molecule has 1 fully saturated rings. The third-order valence-electron chi connectivity index (χ3n) is 3.66. The van der Waals surface area contributed by atoms with Crippen LogP contribution in [0.3, 0.4) is 0 Å². The Labute approximate surface area is 116 Å². The Morgan fingerprint density at radius 3 is 2.47 bits per heavy atom. The van der Waals surface area contributed by atoms with Crippen LogP contribution in [0.15, 0.2) is 0 Å². The van der Waals surface area contributed by atoms with E-state index < -0.39 is 0 Å². The van der Waals surface area contributed by atoms with E-state index in [0.29, 0.717) is 12.0 Å². The van der Waals surface area contributed by atoms with Gasteiger partial charge in [-0.1, -0.05) is 13.8 Å². The van der Waals surface area contributed by atoms with E-state index in [4.69, 9.17) is 14.7 Å². The van der Waals surface area contributed by atoms with Crippen molar-refractivity contribution in [2.45, 2.75) is 52.5 Å². The molecule has 0 radical (unpaired) electrons. The largest absolute Gasteiger partial charge is 0.381 e. The van der Waals surface area contributed by atoms with Crippen molar-refractivity contribution >= 4 is 0 Å². The van der Waals surface area contributed by atoms with E-state index in [0.717, 1.165) is 49.8 Å². The predicted molar refractivity (Wildman–Crippen MR) is 76.5 cm³/mol. The summed E-state index contributed by atoms with van der Waals surface area (Å²) in [5, 5.41) is 3.44. The molecule has 2 heterocycles. The molecular weight excluding hydrogens is 238 g/mol. The lowest BCUT2D eigenvalue weighted by atomic mass is 10.1. The van der Waals surface area contributed by atoms with Gasteiger partial charge in [0.15, 0.2) is 0 Å². The van der Waals surface area contributed by atoms with Gasteiger partial charge in [0.05, 0.1) is 6.61 Å². The minimum atomic E-state index is 0.389. The summed E-state index contributed by atoms with van der Waals surface area (Å²) >= 11 is 0. The summed E-state index contributed by atoms with van der Waals surface area (Å²) in [6, 6.07) is 0.524. The molecule has 1 aliphatic heterocycles. The monoisotopic (exact) mass is 263 g/mol. The van der Waals surface area contributed by atoms with Crippen molar-refractivity contribution in [1.29, 1.82) is 0 Å². The average molecular weight is 263 g/mol. The highest BCUT2D eigenvalue weighted by atomic mass is 16.5. The molecule has 0 spiro atoms. The minimum absolute atomic E-state index is 0.389. The van der Waals surface area contributed by atoms with Gasteiger partial charge in [-0.2, -0.15) is 0 Å². The third-order valence-corrected chi connectivity index (χ3v) is 3.66. The first-order chi connectivity index (χ1) is 9.08. The second-order valence-electron chi connectivity index (χ2n) is 5.65. The molecule has 4 heteroatoms. The van der Waals surface area contributed by atoms with Crippen LogP contribution in [0.2, 0.25) is 0 Å². The lowest BCUT2D eigenvalue weighted by Gasteiger charge is -2.14. The van der Waals surface area contributed by atoms with E-state index in [1.54, 1.807) is 0 Å². The zero-order valence-electron chi connectivity index (χ0n) is 12.5. The molecule has 0 saturated carbocycles. The molecule has 4 nitrogen and oxygen atoms in total. The molecule has 1 atom stereocenters. The fourth-order valence-electron chi connectivity index (χ4n) is 2.53. The lowest BCUT2D eigenvalue weighted by Crippen LogP contribution is -2.25. The van der Waals surface area contributed by atoms with Crippen LogP contribution >= 0.6 is 0 Å². The summed E-state index contributed by atoms with van der Waals surface area (Å²) in [6.45, 7) is 11.1. The molecule has 1 aromatic heterocycles. The van der Waals surface area contributed by atoms with Gasteiger partial charge in [0.25, 0.3) is 0 Å². The van der Waals surface area contributed by atoms with Crippen LogP contribution in [-0.2, 0) is 11.2 Å². The van der Waals surface area contributed by atoms with Crippen molar-refractivity contribution in [3.63, 3.8) is 0 Å². The van der Waals surface area contributed by atoms with Gasteiger partial charge in [0, 0.05) is 30.0 Å². The molecule has 2 rings (SSSR count). The number of hydrogen-bond acceptors (Lipinski definition) is 4. The molecule has 0 amide bonds. The van der Waals surface area contributed by atoms with Gasteiger partial charge in [0.2, 0.25) is 0 Å². The first-order valence-corrected chi connectivity index (χ1v) is 7.23. The number of aromatic nitrogens is 2. The van der Waals surface area contributed by atoms with Gasteiger partial charge in [-0.15, -0.1) is 0 Å². The van der Waals surface area contributed by atoms with Crippen molar-refractivity contribution < 1.29 is 4.74 Å². The van der Waals surface area contributed by atoms with Gasteiger partial charge in [-0.05, 0) is 38.8 Å². The summed E-state index contributed by atoms with van der Waals surface area (Å²) in [6.07, 6.45) is 2.05. The SMILES string of the molecule is Cc1nc(C2CCOC2)nc(C)c1CCNC(C)C. The van der Waals surface area contributed by atoms with Crippen molar-refractivity contribution in [3.05, 3.63) is 22.8 Å². The molecule has 0 aromatic carbocycles. The smallest absolute Gasteiger partial charge is 0.134 e. The first-order valence-electron chi connectivity index (χ1n) is 7.23. The summed E-state index contributed by atoms with van der Waals surface area (Å²) in [5.41, 5.74) is 3.54. The number of hydrogen-bond donors (Lipinski definition) is 1. The summed E-state index contributed by atoms with van der Waals surface area (Å²) in [4.78, 5) is 9.39. The normalized spacial score (nSPS) is 19.3. The summed E-state index contributed by atoms with van der Waals surface area (Å²) < 4.78 is 5.42. The minimum Gasteiger partial charge on any atom is -0.381 e. The van der Waals surface area contributed by atoms with Gasteiger partial charge < -0.3 is 10.1 Å². The number of rotatable bonds is 5. The van der Waals surface area contributed by atoms with E-state index in [1.165, 1.54) is 5.56 Å². The highest BCUT2D eigenvalue weighted by Crippen LogP contribution is 2.23. The van der Waals surface area contributed by atoms with Gasteiger partial charge >= 0.3 is 0 Å².